The molecule has 376 valence electrons. The van der Waals surface area contributed by atoms with Crippen LogP contribution in [0.4, 0.5) is 0 Å². The summed E-state index contributed by atoms with van der Waals surface area (Å²) in [4.78, 5) is 0. The van der Waals surface area contributed by atoms with Crippen LogP contribution in [0.5, 0.6) is 11.5 Å². The van der Waals surface area contributed by atoms with Gasteiger partial charge in [-0.05, 0) is 162 Å². The Bertz CT molecular complexity index is 2410. The first-order chi connectivity index (χ1) is 32.7. The summed E-state index contributed by atoms with van der Waals surface area (Å²) >= 11 is 0. The molecule has 1 aliphatic heterocycles. The van der Waals surface area contributed by atoms with Crippen LogP contribution in [-0.4, -0.2) is 76.1 Å². The third-order valence-electron chi connectivity index (χ3n) is 14.8. The van der Waals surface area contributed by atoms with Crippen LogP contribution < -0.4 is 9.47 Å². The minimum absolute atomic E-state index is 0.0558. The number of hydrogen-bond donors (Lipinski definition) is 4. The van der Waals surface area contributed by atoms with Crippen molar-refractivity contribution in [3.05, 3.63) is 128 Å². The Balaban J connectivity index is 0.000000302. The number of rotatable bonds is 19. The van der Waals surface area contributed by atoms with E-state index < -0.39 is 23.1 Å². The highest BCUT2D eigenvalue weighted by Crippen LogP contribution is 2.42. The van der Waals surface area contributed by atoms with Crippen molar-refractivity contribution in [3.63, 3.8) is 0 Å². The summed E-state index contributed by atoms with van der Waals surface area (Å²) in [7, 11) is 0. The summed E-state index contributed by atoms with van der Waals surface area (Å²) in [5.41, 5.74) is 9.26. The average molecular weight is 945 g/mol. The Morgan fingerprint density at radius 1 is 0.580 bits per heavy atom. The van der Waals surface area contributed by atoms with Crippen LogP contribution in [0, 0.1) is 51.4 Å². The van der Waals surface area contributed by atoms with E-state index in [0.717, 1.165) is 64.8 Å². The summed E-state index contributed by atoms with van der Waals surface area (Å²) in [6, 6.07) is 25.8. The molecular formula is C61H84O8. The van der Waals surface area contributed by atoms with Crippen molar-refractivity contribution in [1.29, 1.82) is 0 Å². The molecule has 0 saturated carbocycles. The zero-order valence-electron chi connectivity index (χ0n) is 44.5. The number of aliphatic hydroxyl groups excluding tert-OH is 2. The standard InChI is InChI=1S/C32H44O4.C29H40O4/c1-9-31(33,10-2)18-17-25-13-14-26(19-23(25)5)32(11-3,12-4)27-15-16-29(24(6)20-27)34-21-28-22-35-30(7,8)36-28;1-7-28(32,8-2)16-15-23-11-12-24(17-21(23)5)29(9-3,10-4)25-13-14-27(22(6)18-25)33-20-26(31)19-30/h13-16,19-20,28,33H,9-12,21-22H2,1-8H3;11-14,17-18,26,30-32H,7-10,19-20H2,1-6H3/t28-;26-/m10/s1. The maximum Gasteiger partial charge on any atom is 0.163 e. The van der Waals surface area contributed by atoms with Gasteiger partial charge in [-0.25, -0.2) is 0 Å². The molecule has 4 aromatic carbocycles. The summed E-state index contributed by atoms with van der Waals surface area (Å²) in [5, 5.41) is 39.7. The Kier molecular flexibility index (Phi) is 20.6. The number of aryl methyl sites for hydroxylation is 4. The molecule has 1 aliphatic rings. The van der Waals surface area contributed by atoms with Crippen LogP contribution in [0.3, 0.4) is 0 Å². The molecule has 5 rings (SSSR count). The van der Waals surface area contributed by atoms with Crippen LogP contribution in [0.25, 0.3) is 0 Å². The van der Waals surface area contributed by atoms with E-state index in [1.165, 1.54) is 22.3 Å². The summed E-state index contributed by atoms with van der Waals surface area (Å²) < 4.78 is 23.3. The second-order valence-electron chi connectivity index (χ2n) is 19.5. The third-order valence-corrected chi connectivity index (χ3v) is 14.8. The lowest BCUT2D eigenvalue weighted by Gasteiger charge is -2.34. The first kappa shape index (κ1) is 56.9. The maximum absolute atomic E-state index is 10.6. The number of aliphatic hydroxyl groups is 4. The van der Waals surface area contributed by atoms with Crippen LogP contribution >= 0.6 is 0 Å². The van der Waals surface area contributed by atoms with Gasteiger partial charge in [0.15, 0.2) is 5.79 Å². The zero-order chi connectivity index (χ0) is 51.2. The molecule has 4 aromatic rings. The molecule has 0 radical (unpaired) electrons. The van der Waals surface area contributed by atoms with Crippen molar-refractivity contribution in [2.24, 2.45) is 0 Å². The number of benzene rings is 4. The lowest BCUT2D eigenvalue weighted by Crippen LogP contribution is -2.27. The molecule has 1 fully saturated rings. The molecule has 1 saturated heterocycles. The number of ether oxygens (including phenoxy) is 4. The van der Waals surface area contributed by atoms with Gasteiger partial charge in [-0.15, -0.1) is 0 Å². The van der Waals surface area contributed by atoms with Gasteiger partial charge in [-0.2, -0.15) is 0 Å². The highest BCUT2D eigenvalue weighted by Gasteiger charge is 2.35. The van der Waals surface area contributed by atoms with E-state index >= 15 is 0 Å². The second kappa shape index (κ2) is 25.0. The lowest BCUT2D eigenvalue weighted by molar-refractivity contribution is -0.141. The second-order valence-corrected chi connectivity index (χ2v) is 19.5. The van der Waals surface area contributed by atoms with Crippen molar-refractivity contribution >= 4 is 0 Å². The Labute approximate surface area is 416 Å². The molecule has 0 aliphatic carbocycles. The van der Waals surface area contributed by atoms with E-state index in [1.807, 2.05) is 54.5 Å². The Morgan fingerprint density at radius 3 is 1.28 bits per heavy atom. The summed E-state index contributed by atoms with van der Waals surface area (Å²) in [6.07, 6.45) is 5.40. The molecule has 1 heterocycles. The largest absolute Gasteiger partial charge is 0.491 e. The van der Waals surface area contributed by atoms with E-state index in [1.54, 1.807) is 0 Å². The van der Waals surface area contributed by atoms with E-state index in [9.17, 15) is 15.3 Å². The summed E-state index contributed by atoms with van der Waals surface area (Å²) in [6.45, 7) is 29.7. The predicted molar refractivity (Wildman–Crippen MR) is 281 cm³/mol. The van der Waals surface area contributed by atoms with Crippen molar-refractivity contribution in [2.45, 2.75) is 188 Å². The van der Waals surface area contributed by atoms with Gasteiger partial charge < -0.3 is 39.4 Å². The van der Waals surface area contributed by atoms with Gasteiger partial charge in [0.2, 0.25) is 0 Å². The van der Waals surface area contributed by atoms with Gasteiger partial charge in [0.1, 0.15) is 48.1 Å². The van der Waals surface area contributed by atoms with Crippen molar-refractivity contribution in [1.82, 2.24) is 0 Å². The van der Waals surface area contributed by atoms with E-state index in [0.29, 0.717) is 44.6 Å². The molecule has 4 N–H and O–H groups in total. The maximum atomic E-state index is 10.6. The normalized spacial score (nSPS) is 15.2. The molecule has 8 nitrogen and oxygen atoms in total. The quantitative estimate of drug-likeness (QED) is 0.0687. The molecule has 0 amide bonds. The molecule has 0 spiro atoms. The molecule has 69 heavy (non-hydrogen) atoms. The Morgan fingerprint density at radius 2 is 0.957 bits per heavy atom. The van der Waals surface area contributed by atoms with E-state index in [4.69, 9.17) is 24.1 Å². The van der Waals surface area contributed by atoms with E-state index in [2.05, 4.69) is 139 Å². The van der Waals surface area contributed by atoms with Gasteiger partial charge in [0.25, 0.3) is 0 Å². The van der Waals surface area contributed by atoms with Gasteiger partial charge >= 0.3 is 0 Å². The van der Waals surface area contributed by atoms with E-state index in [-0.39, 0.29) is 30.1 Å². The fourth-order valence-electron chi connectivity index (χ4n) is 9.38. The molecule has 8 heteroatoms. The van der Waals surface area contributed by atoms with Crippen LogP contribution in [0.2, 0.25) is 0 Å². The van der Waals surface area contributed by atoms with Crippen molar-refractivity contribution in [2.75, 3.05) is 26.4 Å². The van der Waals surface area contributed by atoms with Crippen molar-refractivity contribution in [3.8, 4) is 35.2 Å². The zero-order valence-corrected chi connectivity index (χ0v) is 44.5. The smallest absolute Gasteiger partial charge is 0.163 e. The molecular weight excluding hydrogens is 861 g/mol. The van der Waals surface area contributed by atoms with Crippen LogP contribution in [-0.2, 0) is 20.3 Å². The van der Waals surface area contributed by atoms with Crippen LogP contribution in [0.1, 0.15) is 176 Å². The predicted octanol–water partition coefficient (Wildman–Crippen LogP) is 11.9. The first-order valence-electron chi connectivity index (χ1n) is 25.5. The third kappa shape index (κ3) is 14.0. The highest BCUT2D eigenvalue weighted by molar-refractivity contribution is 5.52. The fourth-order valence-corrected chi connectivity index (χ4v) is 9.38. The average Bonchev–Trinajstić information content (AvgIpc) is 3.71. The van der Waals surface area contributed by atoms with Gasteiger partial charge in [0, 0.05) is 22.0 Å². The topological polar surface area (TPSA) is 118 Å². The molecule has 0 unspecified atom stereocenters. The van der Waals surface area contributed by atoms with Crippen LogP contribution in [0.15, 0.2) is 72.8 Å². The molecule has 0 bridgehead atoms. The SMILES string of the molecule is CCC(O)(C#Cc1ccc(C(CC)(CC)c2ccc(OC[C@@H](O)CO)c(C)c2)cc1C)CC.CCC(O)(C#Cc1ccc(C(CC)(CC)c2ccc(OC[C@@H]3COC(C)(C)O3)c(C)c2)cc1C)CC. The lowest BCUT2D eigenvalue weighted by atomic mass is 9.70. The molecule has 0 aromatic heterocycles. The van der Waals surface area contributed by atoms with Gasteiger partial charge in [-0.1, -0.05) is 128 Å². The minimum Gasteiger partial charge on any atom is -0.491 e. The molecule has 2 atom stereocenters. The van der Waals surface area contributed by atoms with Gasteiger partial charge in [0.05, 0.1) is 13.2 Å². The monoisotopic (exact) mass is 945 g/mol. The van der Waals surface area contributed by atoms with Crippen molar-refractivity contribution < 1.29 is 39.4 Å². The van der Waals surface area contributed by atoms with Gasteiger partial charge in [-0.3, -0.25) is 0 Å². The number of hydrogen-bond acceptors (Lipinski definition) is 8. The Hall–Kier alpha value is -4.64. The fraction of sp³-hybridized carbons (Fsp3) is 0.541. The summed E-state index contributed by atoms with van der Waals surface area (Å²) in [5.74, 6) is 13.7. The first-order valence-corrected chi connectivity index (χ1v) is 25.5. The minimum atomic E-state index is -0.934. The highest BCUT2D eigenvalue weighted by atomic mass is 16.7.